The van der Waals surface area contributed by atoms with E-state index in [1.165, 1.54) is 7.11 Å². The summed E-state index contributed by atoms with van der Waals surface area (Å²) in [6, 6.07) is 15.3. The minimum absolute atomic E-state index is 0.0402. The Balaban J connectivity index is 1.25. The highest BCUT2D eigenvalue weighted by Crippen LogP contribution is 2.44. The molecule has 0 heterocycles. The fourth-order valence-electron chi connectivity index (χ4n) is 4.45. The zero-order valence-electron chi connectivity index (χ0n) is 19.2. The highest BCUT2D eigenvalue weighted by molar-refractivity contribution is 5.84. The van der Waals surface area contributed by atoms with Crippen LogP contribution in [0.2, 0.25) is 0 Å². The number of fused-ring (bicyclic) bond motifs is 3. The number of carbonyl (C=O) groups excluding carboxylic acids is 2. The molecule has 8 heteroatoms. The number of nitrogens with one attached hydrogen (secondary N) is 2. The first-order chi connectivity index (χ1) is 16.5. The molecule has 2 aliphatic rings. The molecule has 0 spiro atoms. The Morgan fingerprint density at radius 3 is 2.21 bits per heavy atom. The molecule has 0 bridgehead atoms. The van der Waals surface area contributed by atoms with Crippen LogP contribution in [0.3, 0.4) is 0 Å². The minimum atomic E-state index is -1.04. The van der Waals surface area contributed by atoms with Crippen LogP contribution in [0.25, 0.3) is 11.1 Å². The summed E-state index contributed by atoms with van der Waals surface area (Å²) in [5, 5.41) is 14.5. The van der Waals surface area contributed by atoms with Gasteiger partial charge in [-0.05, 0) is 34.6 Å². The molecule has 2 amide bonds. The van der Waals surface area contributed by atoms with Crippen molar-refractivity contribution in [3.8, 4) is 11.1 Å². The van der Waals surface area contributed by atoms with Crippen molar-refractivity contribution in [1.29, 1.82) is 0 Å². The quantitative estimate of drug-likeness (QED) is 0.468. The number of carboxylic acid groups (broad SMARTS) is 1. The van der Waals surface area contributed by atoms with Crippen LogP contribution in [0.5, 0.6) is 0 Å². The maximum Gasteiger partial charge on any atom is 0.407 e. The van der Waals surface area contributed by atoms with Crippen LogP contribution in [0, 0.1) is 5.92 Å². The summed E-state index contributed by atoms with van der Waals surface area (Å²) >= 11 is 0. The molecular weight excluding hydrogens is 436 g/mol. The van der Waals surface area contributed by atoms with Crippen LogP contribution in [0.1, 0.15) is 42.7 Å². The number of hydrogen-bond donors (Lipinski definition) is 3. The van der Waals surface area contributed by atoms with Crippen molar-refractivity contribution in [3.05, 3.63) is 59.7 Å². The summed E-state index contributed by atoms with van der Waals surface area (Å²) in [7, 11) is 1.44. The lowest BCUT2D eigenvalue weighted by molar-refractivity contribution is -0.142. The van der Waals surface area contributed by atoms with Gasteiger partial charge in [0.2, 0.25) is 5.91 Å². The molecule has 1 saturated carbocycles. The molecule has 180 valence electrons. The van der Waals surface area contributed by atoms with Crippen LogP contribution >= 0.6 is 0 Å². The molecule has 2 aromatic carbocycles. The Kier molecular flexibility index (Phi) is 7.47. The lowest BCUT2D eigenvalue weighted by Crippen LogP contribution is -2.44. The Hall–Kier alpha value is -3.39. The number of methoxy groups -OCH3 is 1. The maximum atomic E-state index is 12.4. The zero-order valence-corrected chi connectivity index (χ0v) is 19.2. The second-order valence-electron chi connectivity index (χ2n) is 8.91. The molecular formula is C26H30N2O6. The molecule has 3 N–H and O–H groups in total. The van der Waals surface area contributed by atoms with Crippen molar-refractivity contribution in [3.63, 3.8) is 0 Å². The average molecular weight is 467 g/mol. The van der Waals surface area contributed by atoms with E-state index >= 15 is 0 Å². The summed E-state index contributed by atoms with van der Waals surface area (Å²) in [4.78, 5) is 36.1. The van der Waals surface area contributed by atoms with E-state index in [4.69, 9.17) is 9.47 Å². The molecule has 0 aliphatic heterocycles. The van der Waals surface area contributed by atoms with E-state index in [0.29, 0.717) is 12.3 Å². The number of ether oxygens (including phenoxy) is 2. The number of hydrogen-bond acceptors (Lipinski definition) is 5. The van der Waals surface area contributed by atoms with Gasteiger partial charge in [0.05, 0.1) is 12.5 Å². The van der Waals surface area contributed by atoms with Crippen LogP contribution < -0.4 is 10.6 Å². The fraction of sp³-hybridized carbons (Fsp3) is 0.423. The molecule has 8 nitrogen and oxygen atoms in total. The van der Waals surface area contributed by atoms with Gasteiger partial charge in [-0.3, -0.25) is 4.79 Å². The van der Waals surface area contributed by atoms with Gasteiger partial charge in [-0.25, -0.2) is 9.59 Å². The van der Waals surface area contributed by atoms with Gasteiger partial charge in [0.25, 0.3) is 0 Å². The van der Waals surface area contributed by atoms with E-state index in [0.717, 1.165) is 35.1 Å². The Morgan fingerprint density at radius 2 is 1.65 bits per heavy atom. The molecule has 4 rings (SSSR count). The number of amides is 2. The number of benzene rings is 2. The number of rotatable bonds is 11. The first-order valence-electron chi connectivity index (χ1n) is 11.6. The van der Waals surface area contributed by atoms with Gasteiger partial charge in [-0.15, -0.1) is 0 Å². The van der Waals surface area contributed by atoms with Crippen LogP contribution in [0.4, 0.5) is 4.79 Å². The second-order valence-corrected chi connectivity index (χ2v) is 8.91. The molecule has 1 fully saturated rings. The fourth-order valence-corrected chi connectivity index (χ4v) is 4.45. The summed E-state index contributed by atoms with van der Waals surface area (Å²) in [5.41, 5.74) is 4.56. The number of aliphatic carboxylic acids is 1. The minimum Gasteiger partial charge on any atom is -0.480 e. The van der Waals surface area contributed by atoms with Crippen LogP contribution in [-0.2, 0) is 19.1 Å². The van der Waals surface area contributed by atoms with Gasteiger partial charge in [0, 0.05) is 19.6 Å². The SMILES string of the molecule is COC(CNC(=O)OCC1c2ccccc2-c2ccccc21)CC(=O)N[C@@H](CC1CC1)C(=O)O. The Bertz CT molecular complexity index is 1010. The smallest absolute Gasteiger partial charge is 0.407 e. The lowest BCUT2D eigenvalue weighted by Gasteiger charge is -2.19. The Morgan fingerprint density at radius 1 is 1.03 bits per heavy atom. The molecule has 0 aromatic heterocycles. The van der Waals surface area contributed by atoms with Gasteiger partial charge in [-0.2, -0.15) is 0 Å². The van der Waals surface area contributed by atoms with Crippen LogP contribution in [-0.4, -0.2) is 55.5 Å². The predicted molar refractivity (Wildman–Crippen MR) is 125 cm³/mol. The molecule has 2 aliphatic carbocycles. The van der Waals surface area contributed by atoms with Crippen LogP contribution in [0.15, 0.2) is 48.5 Å². The summed E-state index contributed by atoms with van der Waals surface area (Å²) in [6.07, 6.45) is 1.19. The van der Waals surface area contributed by atoms with Gasteiger partial charge in [0.1, 0.15) is 12.6 Å². The molecule has 34 heavy (non-hydrogen) atoms. The van der Waals surface area contributed by atoms with E-state index in [1.54, 1.807) is 0 Å². The first-order valence-corrected chi connectivity index (χ1v) is 11.6. The zero-order chi connectivity index (χ0) is 24.1. The summed E-state index contributed by atoms with van der Waals surface area (Å²) in [6.45, 7) is 0.264. The largest absolute Gasteiger partial charge is 0.480 e. The third kappa shape index (κ3) is 5.75. The molecule has 2 atom stereocenters. The van der Waals surface area contributed by atoms with Crippen molar-refractivity contribution in [2.24, 2.45) is 5.92 Å². The van der Waals surface area contributed by atoms with E-state index in [2.05, 4.69) is 34.9 Å². The standard InChI is InChI=1S/C26H30N2O6/c1-33-17(13-24(29)28-23(25(30)31)12-16-10-11-16)14-27-26(32)34-15-22-20-8-4-2-6-18(20)19-7-3-5-9-21(19)22/h2-9,16-17,22-23H,10-15H2,1H3,(H,27,32)(H,28,29)(H,30,31)/t17?,23-/m0/s1. The van der Waals surface area contributed by atoms with E-state index in [9.17, 15) is 19.5 Å². The highest BCUT2D eigenvalue weighted by Gasteiger charge is 2.31. The summed E-state index contributed by atoms with van der Waals surface area (Å²) < 4.78 is 10.8. The Labute approximate surface area is 198 Å². The normalized spacial score (nSPS) is 16.1. The first kappa shape index (κ1) is 23.8. The second kappa shape index (κ2) is 10.7. The maximum absolute atomic E-state index is 12.4. The highest BCUT2D eigenvalue weighted by atomic mass is 16.5. The molecule has 0 saturated heterocycles. The molecule has 2 aromatic rings. The average Bonchev–Trinajstić information content (AvgIpc) is 3.60. The lowest BCUT2D eigenvalue weighted by atomic mass is 9.98. The van der Waals surface area contributed by atoms with Crippen molar-refractivity contribution >= 4 is 18.0 Å². The van der Waals surface area contributed by atoms with E-state index in [1.807, 2.05) is 24.3 Å². The van der Waals surface area contributed by atoms with Crippen molar-refractivity contribution in [2.75, 3.05) is 20.3 Å². The van der Waals surface area contributed by atoms with Gasteiger partial charge >= 0.3 is 12.1 Å². The van der Waals surface area contributed by atoms with Gasteiger partial charge in [0.15, 0.2) is 0 Å². The van der Waals surface area contributed by atoms with E-state index < -0.39 is 30.1 Å². The van der Waals surface area contributed by atoms with Gasteiger partial charge in [-0.1, -0.05) is 61.4 Å². The predicted octanol–water partition coefficient (Wildman–Crippen LogP) is 3.30. The molecule has 1 unspecified atom stereocenters. The summed E-state index contributed by atoms with van der Waals surface area (Å²) in [5.74, 6) is -1.13. The van der Waals surface area contributed by atoms with E-state index in [-0.39, 0.29) is 25.5 Å². The van der Waals surface area contributed by atoms with Crippen molar-refractivity contribution in [2.45, 2.75) is 43.7 Å². The third-order valence-electron chi connectivity index (χ3n) is 6.46. The monoisotopic (exact) mass is 466 g/mol. The number of alkyl carbamates (subject to hydrolysis) is 1. The van der Waals surface area contributed by atoms with Gasteiger partial charge < -0.3 is 25.2 Å². The topological polar surface area (TPSA) is 114 Å². The van der Waals surface area contributed by atoms with Crippen molar-refractivity contribution < 1.29 is 29.0 Å². The molecule has 0 radical (unpaired) electrons. The third-order valence-corrected chi connectivity index (χ3v) is 6.46. The van der Waals surface area contributed by atoms with Crippen molar-refractivity contribution in [1.82, 2.24) is 10.6 Å². The number of carboxylic acids is 1. The number of carbonyl (C=O) groups is 3.